The SMILES string of the molecule is C1=CC2=CC(C=C1)c1cc(-c3ccccc3)ccc1N2. The Morgan fingerprint density at radius 2 is 1.75 bits per heavy atom. The molecule has 0 amide bonds. The van der Waals surface area contributed by atoms with Crippen LogP contribution in [0.25, 0.3) is 11.1 Å². The zero-order valence-electron chi connectivity index (χ0n) is 11.1. The fraction of sp³-hybridized carbons (Fsp3) is 0.0526. The second-order valence-corrected chi connectivity index (χ2v) is 5.18. The average molecular weight is 257 g/mol. The number of benzene rings is 2. The third-order valence-electron chi connectivity index (χ3n) is 3.86. The average Bonchev–Trinajstić information content (AvgIpc) is 2.70. The van der Waals surface area contributed by atoms with Gasteiger partial charge in [-0.1, -0.05) is 54.6 Å². The molecule has 0 saturated carbocycles. The molecule has 2 aromatic rings. The zero-order valence-corrected chi connectivity index (χ0v) is 11.1. The molecule has 20 heavy (non-hydrogen) atoms. The lowest BCUT2D eigenvalue weighted by molar-refractivity contribution is 1.05. The summed E-state index contributed by atoms with van der Waals surface area (Å²) >= 11 is 0. The maximum Gasteiger partial charge on any atom is 0.0426 e. The van der Waals surface area contributed by atoms with Crippen LogP contribution in [0.4, 0.5) is 5.69 Å². The van der Waals surface area contributed by atoms with Gasteiger partial charge in [0.15, 0.2) is 0 Å². The first kappa shape index (κ1) is 11.3. The minimum absolute atomic E-state index is 0.361. The summed E-state index contributed by atoms with van der Waals surface area (Å²) in [4.78, 5) is 0. The van der Waals surface area contributed by atoms with Gasteiger partial charge in [-0.25, -0.2) is 0 Å². The summed E-state index contributed by atoms with van der Waals surface area (Å²) in [5.41, 5.74) is 6.27. The predicted octanol–water partition coefficient (Wildman–Crippen LogP) is 4.87. The summed E-state index contributed by atoms with van der Waals surface area (Å²) in [6, 6.07) is 17.2. The molecule has 2 bridgehead atoms. The van der Waals surface area contributed by atoms with Crippen LogP contribution in [0.15, 0.2) is 84.6 Å². The van der Waals surface area contributed by atoms with Gasteiger partial charge in [-0.2, -0.15) is 0 Å². The van der Waals surface area contributed by atoms with Gasteiger partial charge < -0.3 is 5.32 Å². The van der Waals surface area contributed by atoms with Crippen LogP contribution in [0.5, 0.6) is 0 Å². The van der Waals surface area contributed by atoms with Crippen LogP contribution in [0, 0.1) is 0 Å². The van der Waals surface area contributed by atoms with Crippen molar-refractivity contribution >= 4 is 5.69 Å². The number of fused-ring (bicyclic) bond motifs is 3. The second-order valence-electron chi connectivity index (χ2n) is 5.18. The molecule has 4 rings (SSSR count). The molecule has 1 aliphatic heterocycles. The number of nitrogens with one attached hydrogen (secondary N) is 1. The van der Waals surface area contributed by atoms with Gasteiger partial charge in [-0.05, 0) is 41.0 Å². The molecule has 1 aliphatic carbocycles. The van der Waals surface area contributed by atoms with E-state index in [1.165, 1.54) is 28.1 Å². The smallest absolute Gasteiger partial charge is 0.0426 e. The maximum atomic E-state index is 3.48. The van der Waals surface area contributed by atoms with Crippen molar-refractivity contribution in [1.29, 1.82) is 0 Å². The highest BCUT2D eigenvalue weighted by Crippen LogP contribution is 2.37. The van der Waals surface area contributed by atoms with E-state index in [1.54, 1.807) is 0 Å². The highest BCUT2D eigenvalue weighted by Gasteiger charge is 2.18. The van der Waals surface area contributed by atoms with E-state index in [2.05, 4.69) is 84.2 Å². The summed E-state index contributed by atoms with van der Waals surface area (Å²) in [7, 11) is 0. The topological polar surface area (TPSA) is 12.0 Å². The summed E-state index contributed by atoms with van der Waals surface area (Å²) in [6.07, 6.45) is 10.8. The van der Waals surface area contributed by atoms with E-state index >= 15 is 0 Å². The lowest BCUT2D eigenvalue weighted by Gasteiger charge is -2.23. The van der Waals surface area contributed by atoms with Gasteiger partial charge in [0.25, 0.3) is 0 Å². The van der Waals surface area contributed by atoms with Crippen LogP contribution in [0.1, 0.15) is 11.5 Å². The Kier molecular flexibility index (Phi) is 2.56. The van der Waals surface area contributed by atoms with Crippen LogP contribution < -0.4 is 5.32 Å². The Hall–Kier alpha value is -2.54. The van der Waals surface area contributed by atoms with Gasteiger partial charge in [0, 0.05) is 17.3 Å². The van der Waals surface area contributed by atoms with Crippen molar-refractivity contribution < 1.29 is 0 Å². The van der Waals surface area contributed by atoms with Crippen LogP contribution in [0.3, 0.4) is 0 Å². The maximum absolute atomic E-state index is 3.48. The minimum Gasteiger partial charge on any atom is -0.356 e. The molecule has 0 saturated heterocycles. The molecular weight excluding hydrogens is 242 g/mol. The lowest BCUT2D eigenvalue weighted by atomic mass is 9.90. The second kappa shape index (κ2) is 4.53. The number of rotatable bonds is 1. The molecule has 1 heteroatoms. The highest BCUT2D eigenvalue weighted by atomic mass is 14.9. The number of hydrogen-bond acceptors (Lipinski definition) is 1. The predicted molar refractivity (Wildman–Crippen MR) is 84.6 cm³/mol. The molecule has 1 unspecified atom stereocenters. The van der Waals surface area contributed by atoms with Crippen molar-refractivity contribution in [3.8, 4) is 11.1 Å². The molecule has 0 fully saturated rings. The van der Waals surface area contributed by atoms with E-state index in [9.17, 15) is 0 Å². The Morgan fingerprint density at radius 3 is 2.65 bits per heavy atom. The van der Waals surface area contributed by atoms with Crippen molar-refractivity contribution in [3.05, 3.63) is 90.2 Å². The molecule has 96 valence electrons. The van der Waals surface area contributed by atoms with Gasteiger partial charge in [0.2, 0.25) is 0 Å². The van der Waals surface area contributed by atoms with Gasteiger partial charge in [-0.15, -0.1) is 0 Å². The molecular formula is C19H15N. The van der Waals surface area contributed by atoms with E-state index in [0.29, 0.717) is 5.92 Å². The molecule has 1 heterocycles. The molecule has 0 aromatic heterocycles. The van der Waals surface area contributed by atoms with Crippen molar-refractivity contribution in [2.24, 2.45) is 0 Å². The molecule has 1 nitrogen and oxygen atoms in total. The highest BCUT2D eigenvalue weighted by molar-refractivity contribution is 5.73. The van der Waals surface area contributed by atoms with E-state index in [4.69, 9.17) is 0 Å². The standard InChI is InChI=1S/C19H15N/c1-2-6-14(7-3-1)15-10-11-19-18(13-15)16-8-4-5-9-17(12-16)20-19/h1-13,16,20H. The largest absolute Gasteiger partial charge is 0.356 e. The Morgan fingerprint density at radius 1 is 0.850 bits per heavy atom. The summed E-state index contributed by atoms with van der Waals surface area (Å²) in [5.74, 6) is 0.361. The first-order valence-electron chi connectivity index (χ1n) is 6.93. The van der Waals surface area contributed by atoms with E-state index in [0.717, 1.165) is 0 Å². The first-order chi connectivity index (χ1) is 9.90. The van der Waals surface area contributed by atoms with Crippen molar-refractivity contribution in [1.82, 2.24) is 0 Å². The number of allylic oxidation sites excluding steroid dienone is 5. The normalized spacial score (nSPS) is 18.8. The first-order valence-corrected chi connectivity index (χ1v) is 6.93. The third kappa shape index (κ3) is 1.88. The van der Waals surface area contributed by atoms with E-state index in [1.807, 2.05) is 0 Å². The quantitative estimate of drug-likeness (QED) is 0.768. The van der Waals surface area contributed by atoms with Crippen LogP contribution in [-0.2, 0) is 0 Å². The summed E-state index contributed by atoms with van der Waals surface area (Å²) in [6.45, 7) is 0. The minimum atomic E-state index is 0.361. The van der Waals surface area contributed by atoms with Crippen molar-refractivity contribution in [3.63, 3.8) is 0 Å². The molecule has 1 atom stereocenters. The van der Waals surface area contributed by atoms with E-state index in [-0.39, 0.29) is 0 Å². The molecule has 2 aliphatic rings. The monoisotopic (exact) mass is 257 g/mol. The number of hydrogen-bond donors (Lipinski definition) is 1. The van der Waals surface area contributed by atoms with Crippen molar-refractivity contribution in [2.75, 3.05) is 5.32 Å². The fourth-order valence-corrected chi connectivity index (χ4v) is 2.84. The summed E-state index contributed by atoms with van der Waals surface area (Å²) in [5, 5.41) is 3.48. The summed E-state index contributed by atoms with van der Waals surface area (Å²) < 4.78 is 0. The Balaban J connectivity index is 1.82. The third-order valence-corrected chi connectivity index (χ3v) is 3.86. The van der Waals surface area contributed by atoms with Crippen LogP contribution in [-0.4, -0.2) is 0 Å². The molecule has 1 N–H and O–H groups in total. The van der Waals surface area contributed by atoms with Crippen LogP contribution >= 0.6 is 0 Å². The molecule has 0 spiro atoms. The fourth-order valence-electron chi connectivity index (χ4n) is 2.84. The zero-order chi connectivity index (χ0) is 13.4. The van der Waals surface area contributed by atoms with Crippen LogP contribution in [0.2, 0.25) is 0 Å². The van der Waals surface area contributed by atoms with Gasteiger partial charge in [0.05, 0.1) is 0 Å². The Labute approximate surface area is 119 Å². The van der Waals surface area contributed by atoms with Gasteiger partial charge in [0.1, 0.15) is 0 Å². The number of anilines is 1. The van der Waals surface area contributed by atoms with Gasteiger partial charge in [-0.3, -0.25) is 0 Å². The lowest BCUT2D eigenvalue weighted by Crippen LogP contribution is -2.09. The Bertz CT molecular complexity index is 736. The molecule has 0 radical (unpaired) electrons. The van der Waals surface area contributed by atoms with Gasteiger partial charge >= 0.3 is 0 Å². The van der Waals surface area contributed by atoms with E-state index < -0.39 is 0 Å². The molecule has 2 aromatic carbocycles. The van der Waals surface area contributed by atoms with Crippen molar-refractivity contribution in [2.45, 2.75) is 5.92 Å².